The van der Waals surface area contributed by atoms with Crippen LogP contribution in [0.25, 0.3) is 0 Å². The Labute approximate surface area is 458 Å². The third-order valence-electron chi connectivity index (χ3n) is 13.7. The van der Waals surface area contributed by atoms with E-state index in [-0.39, 0.29) is 29.2 Å². The zero-order chi connectivity index (χ0) is 58.1. The van der Waals surface area contributed by atoms with E-state index < -0.39 is 177 Å². The zero-order valence-corrected chi connectivity index (χ0v) is 44.6. The number of hydrogen-bond donors (Lipinski definition) is 14. The number of hydrogen-bond acceptors (Lipinski definition) is 21. The number of unbranched alkanes of at least 4 members (excludes halogenated alkanes) is 5. The quantitative estimate of drug-likeness (QED) is 0.0262. The van der Waals surface area contributed by atoms with Crippen LogP contribution in [-0.4, -0.2) is 197 Å². The summed E-state index contributed by atoms with van der Waals surface area (Å²) in [6.07, 6.45) is -7.14. The second-order valence-electron chi connectivity index (χ2n) is 19.9. The van der Waals surface area contributed by atoms with Crippen LogP contribution in [0.1, 0.15) is 94.5 Å². The number of phenolic OH excluding ortho intramolecular Hbond substituents is 1. The van der Waals surface area contributed by atoms with E-state index in [0.717, 1.165) is 67.4 Å². The Kier molecular flexibility index (Phi) is 24.3. The van der Waals surface area contributed by atoms with Gasteiger partial charge in [-0.3, -0.25) is 38.4 Å². The van der Waals surface area contributed by atoms with E-state index in [1.165, 1.54) is 25.1 Å². The Morgan fingerprint density at radius 3 is 2.13 bits per heavy atom. The van der Waals surface area contributed by atoms with Crippen LogP contribution in [0.5, 0.6) is 17.2 Å². The molecule has 0 aromatic heterocycles. The van der Waals surface area contributed by atoms with Gasteiger partial charge in [-0.05, 0) is 55.3 Å². The molecule has 0 bridgehead atoms. The highest BCUT2D eigenvalue weighted by molar-refractivity contribution is 7.90. The van der Waals surface area contributed by atoms with Gasteiger partial charge in [-0.2, -0.15) is 0 Å². The normalized spacial score (nSPS) is 26.8. The van der Waals surface area contributed by atoms with Crippen molar-refractivity contribution in [3.63, 3.8) is 0 Å². The minimum Gasteiger partial charge on any atom is -0.504 e. The number of nitrogens with one attached hydrogen (secondary N) is 5. The standard InChI is InChI=1S/C50H72N8O20S/c1-4-5-6-7-8-9-16-75-31-13-11-28(12-14-31)44(67)53-32-19-29(60)22-52-48(71)42-43(66)25(2)23-58(42)50(73)41(36(64)21-38(51)65)56-47(70)40(35(63)17-27-10-15-34(62)37(18-27)76-79-78-77-74)55-46(69)33-20-30(61)24-57(33)49(72)39(26(3)59)54-45(32)68/h10-15,18,25-26,29-30,32-33,35-36,39-43,59-64,66,74H,4-9,16-17,19-24H2,1-3H3,(H2,51,65)(H,52,71)(H,53,67)(H,54,68)(H,55,69)(H,56,70)/t25?,26?,29-,30?,32-,33?,35+,36+,39?,40?,41-,42?,43-/m0/s1. The summed E-state index contributed by atoms with van der Waals surface area (Å²) < 4.78 is 15.1. The molecule has 8 amide bonds. The van der Waals surface area contributed by atoms with Crippen molar-refractivity contribution in [3.05, 3.63) is 53.6 Å². The average Bonchev–Trinajstić information content (AvgIpc) is 4.02. The smallest absolute Gasteiger partial charge is 0.261 e. The van der Waals surface area contributed by atoms with E-state index in [1.807, 2.05) is 0 Å². The molecular weight excluding hydrogens is 1060 g/mol. The van der Waals surface area contributed by atoms with Crippen LogP contribution in [0.4, 0.5) is 0 Å². The highest BCUT2D eigenvalue weighted by Crippen LogP contribution is 2.31. The molecule has 2 aromatic rings. The first kappa shape index (κ1) is 63.4. The molecule has 0 radical (unpaired) electrons. The summed E-state index contributed by atoms with van der Waals surface area (Å²) >= 11 is 0.0607. The van der Waals surface area contributed by atoms with Crippen molar-refractivity contribution in [1.82, 2.24) is 36.4 Å². The van der Waals surface area contributed by atoms with Gasteiger partial charge in [0.2, 0.25) is 41.4 Å². The SMILES string of the molecule is CCCCCCCCOc1ccc(C(=O)N[C@H]2C[C@H](O)CNC(=O)C3[C@@H](O)C(C)CN3C(=O)[C@H]([C@H](O)CC(N)=O)NC(=O)C([C@H](O)Cc3ccc(O)c(OSOOO)c3)NC(=O)C3CC(O)CN3C(=O)C(C(C)O)NC2=O)cc1. The van der Waals surface area contributed by atoms with Crippen LogP contribution in [0, 0.1) is 5.92 Å². The maximum absolute atomic E-state index is 14.6. The molecule has 438 valence electrons. The van der Waals surface area contributed by atoms with Gasteiger partial charge in [0.15, 0.2) is 11.5 Å². The van der Waals surface area contributed by atoms with Crippen LogP contribution in [0.3, 0.4) is 0 Å². The highest BCUT2D eigenvalue weighted by atomic mass is 32.2. The van der Waals surface area contributed by atoms with E-state index in [0.29, 0.717) is 12.4 Å². The number of carbonyl (C=O) groups is 8. The van der Waals surface area contributed by atoms with Gasteiger partial charge >= 0.3 is 0 Å². The number of benzene rings is 2. The van der Waals surface area contributed by atoms with Gasteiger partial charge in [-0.15, -0.1) is 0 Å². The molecule has 13 atom stereocenters. The number of aromatic hydroxyl groups is 1. The largest absolute Gasteiger partial charge is 0.504 e. The summed E-state index contributed by atoms with van der Waals surface area (Å²) in [4.78, 5) is 114. The summed E-state index contributed by atoms with van der Waals surface area (Å²) in [6, 6.07) is -2.08. The molecule has 0 aliphatic carbocycles. The number of β-amino-alcohol motifs (C(OH)–C–C–N with tert-alkyl or cyclic N) is 1. The maximum atomic E-state index is 14.6. The van der Waals surface area contributed by atoms with Gasteiger partial charge < -0.3 is 86.8 Å². The molecule has 29 heteroatoms. The summed E-state index contributed by atoms with van der Waals surface area (Å²) in [5.74, 6) is -10.5. The lowest BCUT2D eigenvalue weighted by Gasteiger charge is -2.33. The fraction of sp³-hybridized carbons (Fsp3) is 0.600. The van der Waals surface area contributed by atoms with Crippen molar-refractivity contribution in [2.24, 2.45) is 11.7 Å². The molecule has 79 heavy (non-hydrogen) atoms. The molecule has 7 unspecified atom stereocenters. The first-order valence-corrected chi connectivity index (χ1v) is 26.5. The molecule has 3 heterocycles. The number of aliphatic hydroxyl groups excluding tert-OH is 6. The molecule has 5 rings (SSSR count). The Morgan fingerprint density at radius 2 is 1.46 bits per heavy atom. The predicted molar refractivity (Wildman–Crippen MR) is 275 cm³/mol. The topological polar surface area (TPSA) is 428 Å². The molecular formula is C50H72N8O20S. The Bertz CT molecular complexity index is 2420. The van der Waals surface area contributed by atoms with Crippen LogP contribution in [0.2, 0.25) is 0 Å². The molecule has 3 fully saturated rings. The van der Waals surface area contributed by atoms with Crippen molar-refractivity contribution in [2.75, 3.05) is 26.2 Å². The number of carbonyl (C=O) groups excluding carboxylic acids is 8. The van der Waals surface area contributed by atoms with Gasteiger partial charge in [0.05, 0.1) is 49.7 Å². The third kappa shape index (κ3) is 17.8. The van der Waals surface area contributed by atoms with Crippen LogP contribution in [-0.2, 0) is 49.4 Å². The molecule has 28 nitrogen and oxygen atoms in total. The van der Waals surface area contributed by atoms with Crippen molar-refractivity contribution in [3.8, 4) is 17.2 Å². The van der Waals surface area contributed by atoms with Gasteiger partial charge in [0.25, 0.3) is 18.2 Å². The second-order valence-corrected chi connectivity index (χ2v) is 20.3. The Balaban J connectivity index is 1.52. The number of ether oxygens (including phenoxy) is 1. The van der Waals surface area contributed by atoms with E-state index in [1.54, 1.807) is 12.1 Å². The van der Waals surface area contributed by atoms with Crippen molar-refractivity contribution < 1.29 is 97.7 Å². The highest BCUT2D eigenvalue weighted by Gasteiger charge is 2.50. The van der Waals surface area contributed by atoms with Gasteiger partial charge in [-0.1, -0.05) is 61.4 Å². The van der Waals surface area contributed by atoms with Crippen molar-refractivity contribution in [2.45, 2.75) is 158 Å². The number of aliphatic hydroxyl groups is 6. The molecule has 15 N–H and O–H groups in total. The van der Waals surface area contributed by atoms with Crippen LogP contribution >= 0.6 is 12.3 Å². The first-order chi connectivity index (χ1) is 37.5. The van der Waals surface area contributed by atoms with E-state index in [2.05, 4.69) is 42.9 Å². The lowest BCUT2D eigenvalue weighted by atomic mass is 9.98. The average molecular weight is 1140 g/mol. The number of nitrogens with zero attached hydrogens (tertiary/aromatic N) is 2. The molecule has 0 saturated carbocycles. The number of rotatable bonds is 21. The summed E-state index contributed by atoms with van der Waals surface area (Å²) in [5, 5.41) is 102. The molecule has 3 aliphatic heterocycles. The van der Waals surface area contributed by atoms with Gasteiger partial charge in [0.1, 0.15) is 42.0 Å². The minimum atomic E-state index is -2.20. The molecule has 0 spiro atoms. The summed E-state index contributed by atoms with van der Waals surface area (Å²) in [6.45, 7) is 3.50. The summed E-state index contributed by atoms with van der Waals surface area (Å²) in [7, 11) is 0. The number of primary amides is 1. The van der Waals surface area contributed by atoms with E-state index >= 15 is 0 Å². The Morgan fingerprint density at radius 1 is 0.797 bits per heavy atom. The number of fused-ring (bicyclic) bond motifs is 2. The van der Waals surface area contributed by atoms with Gasteiger partial charge in [0, 0.05) is 50.4 Å². The van der Waals surface area contributed by atoms with Crippen molar-refractivity contribution >= 4 is 59.6 Å². The van der Waals surface area contributed by atoms with Crippen LogP contribution in [0.15, 0.2) is 42.5 Å². The molecule has 3 saturated heterocycles. The fourth-order valence-corrected chi connectivity index (χ4v) is 9.69. The monoisotopic (exact) mass is 1140 g/mol. The van der Waals surface area contributed by atoms with E-state index in [4.69, 9.17) is 19.9 Å². The lowest BCUT2D eigenvalue weighted by molar-refractivity contribution is -0.433. The fourth-order valence-electron chi connectivity index (χ4n) is 9.43. The van der Waals surface area contributed by atoms with Gasteiger partial charge in [-0.25, -0.2) is 5.26 Å². The van der Waals surface area contributed by atoms with E-state index in [9.17, 15) is 74.1 Å². The number of nitrogens with two attached hydrogens (primary N) is 1. The first-order valence-electron chi connectivity index (χ1n) is 25.9. The lowest BCUT2D eigenvalue weighted by Crippen LogP contribution is -2.64. The minimum absolute atomic E-state index is 0.0403. The second kappa shape index (κ2) is 30.3. The molecule has 2 aromatic carbocycles. The zero-order valence-electron chi connectivity index (χ0n) is 43.8. The molecule has 3 aliphatic rings. The predicted octanol–water partition coefficient (Wildman–Crippen LogP) is -2.68. The Hall–Kier alpha value is -6.41. The maximum Gasteiger partial charge on any atom is 0.261 e. The van der Waals surface area contributed by atoms with Crippen LogP contribution < -0.4 is 41.2 Å². The summed E-state index contributed by atoms with van der Waals surface area (Å²) in [5.41, 5.74) is 5.52. The van der Waals surface area contributed by atoms with Crippen molar-refractivity contribution in [1.29, 1.82) is 0 Å². The number of amides is 8. The third-order valence-corrected chi connectivity index (χ3v) is 14.1. The number of phenols is 1.